The van der Waals surface area contributed by atoms with E-state index in [4.69, 9.17) is 9.47 Å². The van der Waals surface area contributed by atoms with Crippen LogP contribution in [0.15, 0.2) is 78.9 Å². The molecular weight excluding hydrogens is 510 g/mol. The number of carbonyl (C=O) groups is 3. The van der Waals surface area contributed by atoms with Crippen LogP contribution in [0.5, 0.6) is 0 Å². The second-order valence-electron chi connectivity index (χ2n) is 9.64. The molecule has 10 heteroatoms. The number of amides is 2. The number of hydrogen-bond donors (Lipinski definition) is 1. The lowest BCUT2D eigenvalue weighted by Gasteiger charge is -2.32. The molecule has 5 rings (SSSR count). The maximum atomic E-state index is 14.0. The molecule has 2 atom stereocenters. The van der Waals surface area contributed by atoms with Crippen molar-refractivity contribution in [3.8, 4) is 0 Å². The fraction of sp³-hybridized carbons (Fsp3) is 0.300. The van der Waals surface area contributed by atoms with Gasteiger partial charge in [-0.3, -0.25) is 9.59 Å². The summed E-state index contributed by atoms with van der Waals surface area (Å²) < 4.78 is 12.1. The van der Waals surface area contributed by atoms with Crippen molar-refractivity contribution >= 4 is 28.8 Å². The van der Waals surface area contributed by atoms with Gasteiger partial charge in [-0.2, -0.15) is 0 Å². The molecule has 1 aromatic heterocycles. The predicted octanol–water partition coefficient (Wildman–Crippen LogP) is 3.28. The van der Waals surface area contributed by atoms with E-state index in [1.165, 1.54) is 11.8 Å². The minimum Gasteiger partial charge on any atom is -0.465 e. The van der Waals surface area contributed by atoms with Gasteiger partial charge in [-0.05, 0) is 48.2 Å². The van der Waals surface area contributed by atoms with Crippen molar-refractivity contribution in [1.29, 1.82) is 0 Å². The first-order chi connectivity index (χ1) is 19.5. The van der Waals surface area contributed by atoms with E-state index in [9.17, 15) is 14.4 Å². The van der Waals surface area contributed by atoms with Gasteiger partial charge in [-0.15, -0.1) is 5.10 Å². The molecule has 0 bridgehead atoms. The highest BCUT2D eigenvalue weighted by Gasteiger charge is 2.33. The molecule has 1 saturated heterocycles. The zero-order valence-electron chi connectivity index (χ0n) is 22.2. The standard InChI is InChI=1S/C30H31N5O5/c1-39-30(38)23-15-13-22(14-16-23)28(29(37)31-18-24-10-7-17-40-24)34(19-21-8-3-2-4-9-21)27(36)20-35-26-12-6-5-11-25(26)32-33-35/h2-6,8-9,11-16,24,28H,7,10,17-20H2,1H3,(H,31,37)/t24-,28+/m1/s1. The molecule has 0 aliphatic carbocycles. The van der Waals surface area contributed by atoms with Crippen LogP contribution >= 0.6 is 0 Å². The molecule has 3 aromatic carbocycles. The van der Waals surface area contributed by atoms with E-state index in [2.05, 4.69) is 15.6 Å². The molecule has 2 amide bonds. The van der Waals surface area contributed by atoms with Crippen LogP contribution in [-0.4, -0.2) is 64.0 Å². The second kappa shape index (κ2) is 12.5. The molecule has 206 valence electrons. The molecule has 1 fully saturated rings. The number of hydrogen-bond acceptors (Lipinski definition) is 7. The summed E-state index contributed by atoms with van der Waals surface area (Å²) in [6.45, 7) is 1.09. The summed E-state index contributed by atoms with van der Waals surface area (Å²) in [5.74, 6) is -1.14. The van der Waals surface area contributed by atoms with Crippen LogP contribution in [0.25, 0.3) is 11.0 Å². The van der Waals surface area contributed by atoms with Crippen molar-refractivity contribution in [3.63, 3.8) is 0 Å². The Kier molecular flexibility index (Phi) is 8.46. The molecule has 1 aliphatic rings. The Morgan fingerprint density at radius 2 is 1.80 bits per heavy atom. The first kappa shape index (κ1) is 27.0. The topological polar surface area (TPSA) is 116 Å². The lowest BCUT2D eigenvalue weighted by atomic mass is 10.0. The van der Waals surface area contributed by atoms with Crippen LogP contribution in [0, 0.1) is 0 Å². The van der Waals surface area contributed by atoms with Gasteiger partial charge in [-0.25, -0.2) is 9.48 Å². The fourth-order valence-corrected chi connectivity index (χ4v) is 4.87. The second-order valence-corrected chi connectivity index (χ2v) is 9.64. The molecule has 0 saturated carbocycles. The number of nitrogens with one attached hydrogen (secondary N) is 1. The molecule has 1 aliphatic heterocycles. The highest BCUT2D eigenvalue weighted by Crippen LogP contribution is 2.26. The van der Waals surface area contributed by atoms with Gasteiger partial charge in [0.2, 0.25) is 11.8 Å². The van der Waals surface area contributed by atoms with Crippen LogP contribution in [0.1, 0.15) is 40.4 Å². The van der Waals surface area contributed by atoms with Crippen LogP contribution in [-0.2, 0) is 32.2 Å². The monoisotopic (exact) mass is 541 g/mol. The Balaban J connectivity index is 1.50. The van der Waals surface area contributed by atoms with Crippen LogP contribution in [0.4, 0.5) is 0 Å². The predicted molar refractivity (Wildman–Crippen MR) is 147 cm³/mol. The third-order valence-corrected chi connectivity index (χ3v) is 6.96. The van der Waals surface area contributed by atoms with Crippen molar-refractivity contribution in [2.24, 2.45) is 0 Å². The molecule has 0 radical (unpaired) electrons. The van der Waals surface area contributed by atoms with Crippen molar-refractivity contribution in [1.82, 2.24) is 25.2 Å². The Morgan fingerprint density at radius 3 is 2.52 bits per heavy atom. The van der Waals surface area contributed by atoms with Crippen LogP contribution in [0.2, 0.25) is 0 Å². The maximum absolute atomic E-state index is 14.0. The maximum Gasteiger partial charge on any atom is 0.337 e. The Labute approximate surface area is 231 Å². The van der Waals surface area contributed by atoms with Crippen molar-refractivity contribution < 1.29 is 23.9 Å². The van der Waals surface area contributed by atoms with E-state index in [0.29, 0.717) is 29.8 Å². The quantitative estimate of drug-likeness (QED) is 0.306. The van der Waals surface area contributed by atoms with Crippen molar-refractivity contribution in [2.45, 2.75) is 38.1 Å². The van der Waals surface area contributed by atoms with Gasteiger partial charge in [0.15, 0.2) is 0 Å². The molecule has 2 heterocycles. The normalized spacial score (nSPS) is 15.5. The summed E-state index contributed by atoms with van der Waals surface area (Å²) in [5.41, 5.74) is 3.17. The van der Waals surface area contributed by atoms with Gasteiger partial charge in [0.05, 0.1) is 24.3 Å². The van der Waals surface area contributed by atoms with Gasteiger partial charge in [-0.1, -0.05) is 59.8 Å². The number of aromatic nitrogens is 3. The molecule has 10 nitrogen and oxygen atoms in total. The number of esters is 1. The summed E-state index contributed by atoms with van der Waals surface area (Å²) in [7, 11) is 1.31. The highest BCUT2D eigenvalue weighted by molar-refractivity contribution is 5.91. The SMILES string of the molecule is COC(=O)c1ccc([C@@H](C(=O)NC[C@H]2CCCO2)N(Cc2ccccc2)C(=O)Cn2nnc3ccccc32)cc1. The van der Waals surface area contributed by atoms with Gasteiger partial charge in [0.25, 0.3) is 0 Å². The number of methoxy groups -OCH3 is 1. The molecular formula is C30H31N5O5. The Hall–Kier alpha value is -4.57. The third-order valence-electron chi connectivity index (χ3n) is 6.96. The summed E-state index contributed by atoms with van der Waals surface area (Å²) in [4.78, 5) is 41.5. The number of fused-ring (bicyclic) bond motifs is 1. The van der Waals surface area contributed by atoms with E-state index in [1.54, 1.807) is 29.2 Å². The summed E-state index contributed by atoms with van der Waals surface area (Å²) in [5, 5.41) is 11.3. The van der Waals surface area contributed by atoms with Gasteiger partial charge < -0.3 is 19.7 Å². The molecule has 40 heavy (non-hydrogen) atoms. The number of rotatable bonds is 10. The third kappa shape index (κ3) is 6.18. The summed E-state index contributed by atoms with van der Waals surface area (Å²) >= 11 is 0. The van der Waals surface area contributed by atoms with Crippen molar-refractivity contribution in [3.05, 3.63) is 95.6 Å². The van der Waals surface area contributed by atoms with E-state index >= 15 is 0 Å². The van der Waals surface area contributed by atoms with E-state index in [-0.39, 0.29) is 31.0 Å². The summed E-state index contributed by atoms with van der Waals surface area (Å²) in [6.07, 6.45) is 1.75. The zero-order valence-corrected chi connectivity index (χ0v) is 22.2. The number of para-hydroxylation sites is 1. The Morgan fingerprint density at radius 1 is 1.05 bits per heavy atom. The zero-order chi connectivity index (χ0) is 27.9. The van der Waals surface area contributed by atoms with Gasteiger partial charge in [0.1, 0.15) is 18.1 Å². The van der Waals surface area contributed by atoms with Crippen molar-refractivity contribution in [2.75, 3.05) is 20.3 Å². The lowest BCUT2D eigenvalue weighted by Crippen LogP contribution is -2.46. The van der Waals surface area contributed by atoms with Gasteiger partial charge in [0, 0.05) is 19.7 Å². The molecule has 0 unspecified atom stereocenters. The van der Waals surface area contributed by atoms with Crippen LogP contribution < -0.4 is 5.32 Å². The Bertz CT molecular complexity index is 1460. The average molecular weight is 542 g/mol. The average Bonchev–Trinajstić information content (AvgIpc) is 3.66. The molecule has 0 spiro atoms. The number of carbonyl (C=O) groups excluding carboxylic acids is 3. The fourth-order valence-electron chi connectivity index (χ4n) is 4.87. The summed E-state index contributed by atoms with van der Waals surface area (Å²) in [6, 6.07) is 22.5. The number of benzene rings is 3. The highest BCUT2D eigenvalue weighted by atomic mass is 16.5. The number of ether oxygens (including phenoxy) is 2. The van der Waals surface area contributed by atoms with E-state index in [1.807, 2.05) is 54.6 Å². The minimum atomic E-state index is -0.976. The largest absolute Gasteiger partial charge is 0.465 e. The van der Waals surface area contributed by atoms with Gasteiger partial charge >= 0.3 is 5.97 Å². The van der Waals surface area contributed by atoms with E-state index < -0.39 is 12.0 Å². The molecule has 4 aromatic rings. The molecule has 1 N–H and O–H groups in total. The number of nitrogens with zero attached hydrogens (tertiary/aromatic N) is 4. The first-order valence-corrected chi connectivity index (χ1v) is 13.2. The smallest absolute Gasteiger partial charge is 0.337 e. The first-order valence-electron chi connectivity index (χ1n) is 13.2. The lowest BCUT2D eigenvalue weighted by molar-refractivity contribution is -0.142. The van der Waals surface area contributed by atoms with Crippen LogP contribution in [0.3, 0.4) is 0 Å². The minimum absolute atomic E-state index is 0.0638. The van der Waals surface area contributed by atoms with E-state index in [0.717, 1.165) is 23.9 Å².